The zero-order chi connectivity index (χ0) is 14.5. The zero-order valence-corrected chi connectivity index (χ0v) is 13.8. The fraction of sp³-hybridized carbons (Fsp3) is 0.562. The molecule has 1 fully saturated rings. The highest BCUT2D eigenvalue weighted by atomic mass is 79.9. The van der Waals surface area contributed by atoms with Gasteiger partial charge in [-0.3, -0.25) is 4.90 Å². The van der Waals surface area contributed by atoms with Gasteiger partial charge >= 0.3 is 5.97 Å². The minimum Gasteiger partial charge on any atom is -0.465 e. The summed E-state index contributed by atoms with van der Waals surface area (Å²) in [7, 11) is 1.41. The summed E-state index contributed by atoms with van der Waals surface area (Å²) in [6, 6.07) is 6.34. The van der Waals surface area contributed by atoms with Crippen LogP contribution in [0.4, 0.5) is 0 Å². The minimum absolute atomic E-state index is 0.291. The Kier molecular flexibility index (Phi) is 5.61. The first kappa shape index (κ1) is 15.5. The fourth-order valence-corrected chi connectivity index (χ4v) is 3.21. The fourth-order valence-electron chi connectivity index (χ4n) is 2.71. The number of ether oxygens (including phenoxy) is 1. The second-order valence-corrected chi connectivity index (χ2v) is 6.32. The number of likely N-dealkylation sites (tertiary alicyclic amines) is 1. The Hall–Kier alpha value is -0.870. The molecule has 1 atom stereocenters. The maximum absolute atomic E-state index is 11.5. The summed E-state index contributed by atoms with van der Waals surface area (Å²) in [4.78, 5) is 14.0. The van der Waals surface area contributed by atoms with E-state index in [1.54, 1.807) is 0 Å². The van der Waals surface area contributed by atoms with Crippen LogP contribution in [0.5, 0.6) is 0 Å². The zero-order valence-electron chi connectivity index (χ0n) is 12.2. The van der Waals surface area contributed by atoms with Gasteiger partial charge in [0, 0.05) is 17.1 Å². The monoisotopic (exact) mass is 339 g/mol. The second-order valence-electron chi connectivity index (χ2n) is 5.47. The van der Waals surface area contributed by atoms with E-state index in [0.29, 0.717) is 11.6 Å². The molecule has 1 saturated heterocycles. The normalized spacial score (nSPS) is 20.4. The van der Waals surface area contributed by atoms with Crippen molar-refractivity contribution in [3.8, 4) is 0 Å². The molecule has 2 rings (SSSR count). The number of halogens is 1. The van der Waals surface area contributed by atoms with Gasteiger partial charge in [-0.1, -0.05) is 34.8 Å². The van der Waals surface area contributed by atoms with Crippen molar-refractivity contribution in [1.29, 1.82) is 0 Å². The quantitative estimate of drug-likeness (QED) is 0.779. The number of rotatable bonds is 3. The van der Waals surface area contributed by atoms with Gasteiger partial charge in [0.1, 0.15) is 0 Å². The lowest BCUT2D eigenvalue weighted by atomic mass is 10.1. The number of carbonyl (C=O) groups excluding carboxylic acids is 1. The van der Waals surface area contributed by atoms with E-state index < -0.39 is 0 Å². The molecule has 0 radical (unpaired) electrons. The molecule has 1 unspecified atom stereocenters. The van der Waals surface area contributed by atoms with Gasteiger partial charge in [-0.15, -0.1) is 0 Å². The van der Waals surface area contributed by atoms with Crippen molar-refractivity contribution in [2.75, 3.05) is 13.7 Å². The Balaban J connectivity index is 2.10. The summed E-state index contributed by atoms with van der Waals surface area (Å²) in [5.74, 6) is -0.291. The van der Waals surface area contributed by atoms with Crippen LogP contribution in [0.1, 0.15) is 48.5 Å². The summed E-state index contributed by atoms with van der Waals surface area (Å²) in [5, 5.41) is 0. The average Bonchev–Trinajstić information content (AvgIpc) is 2.65. The van der Waals surface area contributed by atoms with E-state index in [-0.39, 0.29) is 5.97 Å². The van der Waals surface area contributed by atoms with E-state index >= 15 is 0 Å². The van der Waals surface area contributed by atoms with Crippen LogP contribution in [-0.2, 0) is 11.3 Å². The van der Waals surface area contributed by atoms with E-state index in [9.17, 15) is 4.79 Å². The third-order valence-corrected chi connectivity index (χ3v) is 4.78. The topological polar surface area (TPSA) is 29.5 Å². The smallest absolute Gasteiger partial charge is 0.337 e. The lowest BCUT2D eigenvalue weighted by Gasteiger charge is -2.27. The van der Waals surface area contributed by atoms with Gasteiger partial charge in [0.25, 0.3) is 0 Å². The Morgan fingerprint density at radius 3 is 2.90 bits per heavy atom. The highest BCUT2D eigenvalue weighted by molar-refractivity contribution is 9.10. The standard InChI is InChI=1S/C16H22BrNO2/c1-12-6-4-3-5-9-18(12)11-14-8-7-13(10-15(14)17)16(19)20-2/h7-8,10,12H,3-6,9,11H2,1-2H3. The van der Waals surface area contributed by atoms with Crippen molar-refractivity contribution in [3.05, 3.63) is 33.8 Å². The lowest BCUT2D eigenvalue weighted by Crippen LogP contribution is -2.32. The van der Waals surface area contributed by atoms with E-state index in [1.807, 2.05) is 18.2 Å². The van der Waals surface area contributed by atoms with Crippen LogP contribution in [0.2, 0.25) is 0 Å². The molecular weight excluding hydrogens is 318 g/mol. The van der Waals surface area contributed by atoms with Gasteiger partial charge in [-0.05, 0) is 44.0 Å². The predicted octanol–water partition coefficient (Wildman–Crippen LogP) is 4.00. The summed E-state index contributed by atoms with van der Waals surface area (Å²) in [5.41, 5.74) is 1.82. The molecule has 3 nitrogen and oxygen atoms in total. The SMILES string of the molecule is COC(=O)c1ccc(CN2CCCCCC2C)c(Br)c1. The van der Waals surface area contributed by atoms with Crippen LogP contribution in [0.3, 0.4) is 0 Å². The number of esters is 1. The molecule has 20 heavy (non-hydrogen) atoms. The molecule has 0 N–H and O–H groups in total. The first-order chi connectivity index (χ1) is 9.61. The third-order valence-electron chi connectivity index (χ3n) is 4.04. The van der Waals surface area contributed by atoms with Crippen molar-refractivity contribution >= 4 is 21.9 Å². The van der Waals surface area contributed by atoms with Crippen molar-refractivity contribution in [2.45, 2.75) is 45.2 Å². The second kappa shape index (κ2) is 7.23. The molecule has 1 aromatic rings. The largest absolute Gasteiger partial charge is 0.465 e. The van der Waals surface area contributed by atoms with Crippen molar-refractivity contribution in [1.82, 2.24) is 4.90 Å². The Bertz CT molecular complexity index is 476. The molecular formula is C16H22BrNO2. The first-order valence-electron chi connectivity index (χ1n) is 7.22. The maximum Gasteiger partial charge on any atom is 0.337 e. The summed E-state index contributed by atoms with van der Waals surface area (Å²) >= 11 is 3.58. The molecule has 4 heteroatoms. The minimum atomic E-state index is -0.291. The van der Waals surface area contributed by atoms with Crippen molar-refractivity contribution in [2.24, 2.45) is 0 Å². The maximum atomic E-state index is 11.5. The van der Waals surface area contributed by atoms with E-state index in [1.165, 1.54) is 38.4 Å². The number of methoxy groups -OCH3 is 1. The van der Waals surface area contributed by atoms with Crippen LogP contribution in [0.25, 0.3) is 0 Å². The molecule has 1 aliphatic heterocycles. The van der Waals surface area contributed by atoms with Crippen LogP contribution in [-0.4, -0.2) is 30.6 Å². The molecule has 1 heterocycles. The van der Waals surface area contributed by atoms with Crippen LogP contribution in [0.15, 0.2) is 22.7 Å². The van der Waals surface area contributed by atoms with Gasteiger partial charge in [-0.2, -0.15) is 0 Å². The number of hydrogen-bond acceptors (Lipinski definition) is 3. The van der Waals surface area contributed by atoms with E-state index in [0.717, 1.165) is 17.6 Å². The highest BCUT2D eigenvalue weighted by Gasteiger charge is 2.18. The first-order valence-corrected chi connectivity index (χ1v) is 8.02. The molecule has 0 bridgehead atoms. The molecule has 0 aromatic heterocycles. The van der Waals surface area contributed by atoms with Crippen LogP contribution in [0, 0.1) is 0 Å². The molecule has 1 aliphatic rings. The molecule has 0 saturated carbocycles. The average molecular weight is 340 g/mol. The van der Waals surface area contributed by atoms with Crippen LogP contribution < -0.4 is 0 Å². The van der Waals surface area contributed by atoms with Gasteiger partial charge < -0.3 is 4.74 Å². The van der Waals surface area contributed by atoms with Gasteiger partial charge in [0.15, 0.2) is 0 Å². The molecule has 0 amide bonds. The number of carbonyl (C=O) groups is 1. The van der Waals surface area contributed by atoms with E-state index in [2.05, 4.69) is 27.8 Å². The highest BCUT2D eigenvalue weighted by Crippen LogP contribution is 2.24. The predicted molar refractivity (Wildman–Crippen MR) is 83.8 cm³/mol. The Morgan fingerprint density at radius 2 is 2.20 bits per heavy atom. The van der Waals surface area contributed by atoms with Crippen molar-refractivity contribution < 1.29 is 9.53 Å². The number of hydrogen-bond donors (Lipinski definition) is 0. The summed E-state index contributed by atoms with van der Waals surface area (Å²) in [6.45, 7) is 4.40. The van der Waals surface area contributed by atoms with Crippen LogP contribution >= 0.6 is 15.9 Å². The number of benzene rings is 1. The van der Waals surface area contributed by atoms with Gasteiger partial charge in [-0.25, -0.2) is 4.79 Å². The number of nitrogens with zero attached hydrogens (tertiary/aromatic N) is 1. The Labute approximate surface area is 129 Å². The van der Waals surface area contributed by atoms with Gasteiger partial charge in [0.2, 0.25) is 0 Å². The summed E-state index contributed by atoms with van der Waals surface area (Å²) in [6.07, 6.45) is 5.23. The van der Waals surface area contributed by atoms with Crippen molar-refractivity contribution in [3.63, 3.8) is 0 Å². The Morgan fingerprint density at radius 1 is 1.40 bits per heavy atom. The summed E-state index contributed by atoms with van der Waals surface area (Å²) < 4.78 is 5.73. The molecule has 0 aliphatic carbocycles. The third kappa shape index (κ3) is 3.83. The lowest BCUT2D eigenvalue weighted by molar-refractivity contribution is 0.0600. The van der Waals surface area contributed by atoms with E-state index in [4.69, 9.17) is 4.74 Å². The molecule has 0 spiro atoms. The molecule has 1 aromatic carbocycles. The van der Waals surface area contributed by atoms with Gasteiger partial charge in [0.05, 0.1) is 12.7 Å². The molecule has 110 valence electrons.